The van der Waals surface area contributed by atoms with Gasteiger partial charge in [-0.1, -0.05) is 6.92 Å². The van der Waals surface area contributed by atoms with Gasteiger partial charge < -0.3 is 10.4 Å². The van der Waals surface area contributed by atoms with E-state index in [-0.39, 0.29) is 12.1 Å². The zero-order valence-electron chi connectivity index (χ0n) is 12.2. The molecule has 1 heterocycles. The minimum Gasteiger partial charge on any atom is -0.394 e. The van der Waals surface area contributed by atoms with E-state index in [0.29, 0.717) is 12.1 Å². The molecule has 0 bridgehead atoms. The van der Waals surface area contributed by atoms with Crippen molar-refractivity contribution in [1.29, 1.82) is 0 Å². The number of aliphatic hydroxyl groups excluding tert-OH is 1. The van der Waals surface area contributed by atoms with E-state index < -0.39 is 0 Å². The highest BCUT2D eigenvalue weighted by atomic mass is 16.3. The molecule has 0 spiro atoms. The van der Waals surface area contributed by atoms with Crippen molar-refractivity contribution in [3.05, 3.63) is 0 Å². The molecule has 0 radical (unpaired) electrons. The summed E-state index contributed by atoms with van der Waals surface area (Å²) in [6.45, 7) is 12.4. The van der Waals surface area contributed by atoms with Gasteiger partial charge in [-0.3, -0.25) is 9.80 Å². The van der Waals surface area contributed by atoms with Crippen LogP contribution in [0.1, 0.15) is 33.6 Å². The average molecular weight is 255 g/mol. The largest absolute Gasteiger partial charge is 0.394 e. The zero-order valence-corrected chi connectivity index (χ0v) is 12.2. The minimum absolute atomic E-state index is 0.130. The lowest BCUT2D eigenvalue weighted by molar-refractivity contribution is 0.0520. The number of nitrogens with one attached hydrogen (secondary N) is 1. The number of piperazine rings is 1. The summed E-state index contributed by atoms with van der Waals surface area (Å²) in [6, 6.07) is 1.28. The second kappa shape index (κ2) is 5.87. The van der Waals surface area contributed by atoms with E-state index >= 15 is 0 Å². The lowest BCUT2D eigenvalue weighted by atomic mass is 10.0. The Bertz CT molecular complexity index is 270. The van der Waals surface area contributed by atoms with Gasteiger partial charge in [-0.15, -0.1) is 0 Å². The number of nitrogens with zero attached hydrogens (tertiary/aromatic N) is 2. The van der Waals surface area contributed by atoms with E-state index in [1.807, 2.05) is 0 Å². The molecular weight excluding hydrogens is 226 g/mol. The average Bonchev–Trinajstić information content (AvgIpc) is 3.13. The van der Waals surface area contributed by atoms with Gasteiger partial charge in [0.2, 0.25) is 0 Å². The highest BCUT2D eigenvalue weighted by Crippen LogP contribution is 2.23. The van der Waals surface area contributed by atoms with E-state index in [2.05, 4.69) is 35.9 Å². The summed E-state index contributed by atoms with van der Waals surface area (Å²) in [5, 5.41) is 13.3. The predicted molar refractivity (Wildman–Crippen MR) is 74.8 cm³/mol. The van der Waals surface area contributed by atoms with Gasteiger partial charge in [-0.05, 0) is 33.2 Å². The number of rotatable bonds is 6. The molecule has 2 atom stereocenters. The van der Waals surface area contributed by atoms with Crippen LogP contribution >= 0.6 is 0 Å². The number of hydrogen-bond acceptors (Lipinski definition) is 4. The zero-order chi connectivity index (χ0) is 13.2. The highest BCUT2D eigenvalue weighted by molar-refractivity contribution is 4.95. The maximum Gasteiger partial charge on any atom is 0.0623 e. The van der Waals surface area contributed by atoms with Gasteiger partial charge in [-0.2, -0.15) is 0 Å². The molecule has 2 rings (SSSR count). The predicted octanol–water partition coefficient (Wildman–Crippen LogP) is 0.515. The fourth-order valence-corrected chi connectivity index (χ4v) is 3.04. The second-order valence-electron chi connectivity index (χ2n) is 6.35. The summed E-state index contributed by atoms with van der Waals surface area (Å²) in [5.74, 6) is 0. The third kappa shape index (κ3) is 3.67. The van der Waals surface area contributed by atoms with Crippen LogP contribution in [-0.2, 0) is 0 Å². The van der Waals surface area contributed by atoms with E-state index in [0.717, 1.165) is 32.7 Å². The smallest absolute Gasteiger partial charge is 0.0623 e. The first-order valence-electron chi connectivity index (χ1n) is 7.41. The van der Waals surface area contributed by atoms with Gasteiger partial charge in [0.05, 0.1) is 12.1 Å². The minimum atomic E-state index is -0.130. The Morgan fingerprint density at radius 1 is 1.33 bits per heavy atom. The quantitative estimate of drug-likeness (QED) is 0.726. The van der Waals surface area contributed by atoms with Crippen LogP contribution in [0.5, 0.6) is 0 Å². The Kier molecular flexibility index (Phi) is 4.64. The number of hydrogen-bond donors (Lipinski definition) is 2. The summed E-state index contributed by atoms with van der Waals surface area (Å²) in [7, 11) is 0. The summed E-state index contributed by atoms with van der Waals surface area (Å²) in [5.41, 5.74) is -0.130. The Balaban J connectivity index is 1.84. The van der Waals surface area contributed by atoms with Crippen molar-refractivity contribution in [1.82, 2.24) is 15.1 Å². The molecule has 0 aromatic carbocycles. The Hall–Kier alpha value is -0.160. The fraction of sp³-hybridized carbons (Fsp3) is 1.00. The molecule has 0 amide bonds. The first kappa shape index (κ1) is 14.3. The van der Waals surface area contributed by atoms with Crippen molar-refractivity contribution in [2.45, 2.75) is 51.2 Å². The second-order valence-corrected chi connectivity index (χ2v) is 6.35. The molecular formula is C14H29N3O. The summed E-state index contributed by atoms with van der Waals surface area (Å²) >= 11 is 0. The molecule has 2 fully saturated rings. The SMILES string of the molecule is CCN1CCN(CC(C)(CO)NC2CC2)CC1C. The first-order valence-corrected chi connectivity index (χ1v) is 7.41. The molecule has 18 heavy (non-hydrogen) atoms. The van der Waals surface area contributed by atoms with Crippen LogP contribution in [0.25, 0.3) is 0 Å². The van der Waals surface area contributed by atoms with Crippen LogP contribution in [0, 0.1) is 0 Å². The van der Waals surface area contributed by atoms with Crippen LogP contribution in [-0.4, -0.2) is 71.9 Å². The van der Waals surface area contributed by atoms with Gasteiger partial charge in [0.1, 0.15) is 0 Å². The molecule has 4 heteroatoms. The van der Waals surface area contributed by atoms with E-state index in [1.165, 1.54) is 12.8 Å². The number of aliphatic hydroxyl groups is 1. The molecule has 2 N–H and O–H groups in total. The normalized spacial score (nSPS) is 30.3. The monoisotopic (exact) mass is 255 g/mol. The van der Waals surface area contributed by atoms with E-state index in [1.54, 1.807) is 0 Å². The van der Waals surface area contributed by atoms with Crippen molar-refractivity contribution in [2.75, 3.05) is 39.3 Å². The van der Waals surface area contributed by atoms with Crippen molar-refractivity contribution in [2.24, 2.45) is 0 Å². The molecule has 1 aliphatic heterocycles. The van der Waals surface area contributed by atoms with Crippen LogP contribution < -0.4 is 5.32 Å². The summed E-state index contributed by atoms with van der Waals surface area (Å²) < 4.78 is 0. The lowest BCUT2D eigenvalue weighted by Gasteiger charge is -2.43. The van der Waals surface area contributed by atoms with Crippen molar-refractivity contribution in [3.63, 3.8) is 0 Å². The van der Waals surface area contributed by atoms with Gasteiger partial charge in [0, 0.05) is 38.3 Å². The van der Waals surface area contributed by atoms with Crippen molar-refractivity contribution >= 4 is 0 Å². The van der Waals surface area contributed by atoms with Crippen molar-refractivity contribution in [3.8, 4) is 0 Å². The molecule has 1 saturated heterocycles. The fourth-order valence-electron chi connectivity index (χ4n) is 3.04. The van der Waals surface area contributed by atoms with Crippen LogP contribution in [0.2, 0.25) is 0 Å². The van der Waals surface area contributed by atoms with Crippen LogP contribution in [0.4, 0.5) is 0 Å². The maximum absolute atomic E-state index is 9.66. The molecule has 1 saturated carbocycles. The molecule has 1 aliphatic carbocycles. The van der Waals surface area contributed by atoms with Gasteiger partial charge >= 0.3 is 0 Å². The standard InChI is InChI=1S/C14H29N3O/c1-4-17-8-7-16(9-12(17)2)10-14(3,11-18)15-13-5-6-13/h12-13,15,18H,4-11H2,1-3H3. The van der Waals surface area contributed by atoms with Gasteiger partial charge in [0.25, 0.3) is 0 Å². The van der Waals surface area contributed by atoms with E-state index in [9.17, 15) is 5.11 Å². The topological polar surface area (TPSA) is 38.7 Å². The van der Waals surface area contributed by atoms with Gasteiger partial charge in [-0.25, -0.2) is 0 Å². The van der Waals surface area contributed by atoms with Crippen LogP contribution in [0.15, 0.2) is 0 Å². The third-order valence-corrected chi connectivity index (χ3v) is 4.31. The molecule has 0 aromatic heterocycles. The van der Waals surface area contributed by atoms with Crippen molar-refractivity contribution < 1.29 is 5.11 Å². The lowest BCUT2D eigenvalue weighted by Crippen LogP contribution is -2.60. The Morgan fingerprint density at radius 3 is 2.56 bits per heavy atom. The van der Waals surface area contributed by atoms with E-state index in [4.69, 9.17) is 0 Å². The Labute approximate surface area is 111 Å². The maximum atomic E-state index is 9.66. The number of likely N-dealkylation sites (N-methyl/N-ethyl adjacent to an activating group) is 1. The highest BCUT2D eigenvalue weighted by Gasteiger charge is 2.34. The molecule has 106 valence electrons. The summed E-state index contributed by atoms with van der Waals surface area (Å²) in [6.07, 6.45) is 2.55. The van der Waals surface area contributed by atoms with Gasteiger partial charge in [0.15, 0.2) is 0 Å². The molecule has 0 aromatic rings. The third-order valence-electron chi connectivity index (χ3n) is 4.31. The molecule has 2 unspecified atom stereocenters. The summed E-state index contributed by atoms with van der Waals surface area (Å²) in [4.78, 5) is 5.03. The molecule has 2 aliphatic rings. The first-order chi connectivity index (χ1) is 8.56. The van der Waals surface area contributed by atoms with Crippen LogP contribution in [0.3, 0.4) is 0 Å². The molecule has 4 nitrogen and oxygen atoms in total. The Morgan fingerprint density at radius 2 is 2.06 bits per heavy atom.